The summed E-state index contributed by atoms with van der Waals surface area (Å²) < 4.78 is 5.44. The smallest absolute Gasteiger partial charge is 0.241 e. The fourth-order valence-corrected chi connectivity index (χ4v) is 3.85. The molecule has 0 spiro atoms. The molecule has 0 saturated carbocycles. The number of hydrogen-bond donors (Lipinski definition) is 0. The van der Waals surface area contributed by atoms with Crippen LogP contribution in [0.15, 0.2) is 22.9 Å². The first kappa shape index (κ1) is 18.9. The van der Waals surface area contributed by atoms with Gasteiger partial charge in [-0.1, -0.05) is 18.0 Å². The molecule has 2 saturated heterocycles. The molecule has 4 heterocycles. The second-order valence-corrected chi connectivity index (χ2v) is 7.60. The zero-order valence-corrected chi connectivity index (χ0v) is 16.5. The van der Waals surface area contributed by atoms with Crippen molar-refractivity contribution in [3.63, 3.8) is 0 Å². The lowest BCUT2D eigenvalue weighted by Crippen LogP contribution is -2.47. The van der Waals surface area contributed by atoms with Gasteiger partial charge in [-0.25, -0.2) is 4.98 Å². The first-order valence-corrected chi connectivity index (χ1v) is 10.2. The highest BCUT2D eigenvalue weighted by Gasteiger charge is 2.21. The van der Waals surface area contributed by atoms with E-state index in [1.54, 1.807) is 6.92 Å². The Bertz CT molecular complexity index is 774. The molecule has 2 aliphatic rings. The Morgan fingerprint density at radius 1 is 1.04 bits per heavy atom. The molecule has 2 fully saturated rings. The number of hydrogen-bond acceptors (Lipinski definition) is 7. The van der Waals surface area contributed by atoms with Crippen LogP contribution in [0, 0.1) is 0 Å². The standard InChI is InChI=1S/C20H28N6O2/c1-16(27)25-12-10-24(11-13-25)15-19-22-20(23-28-19)17-6-7-18(21-14-17)26-8-4-2-3-5-9-26/h6-7,14H,2-5,8-13,15H2,1H3. The average molecular weight is 384 g/mol. The summed E-state index contributed by atoms with van der Waals surface area (Å²) in [6, 6.07) is 4.07. The van der Waals surface area contributed by atoms with Crippen LogP contribution in [-0.4, -0.2) is 70.1 Å². The summed E-state index contributed by atoms with van der Waals surface area (Å²) in [7, 11) is 0. The molecule has 0 atom stereocenters. The van der Waals surface area contributed by atoms with Gasteiger partial charge in [0.2, 0.25) is 17.6 Å². The van der Waals surface area contributed by atoms with Gasteiger partial charge >= 0.3 is 0 Å². The number of piperazine rings is 1. The van der Waals surface area contributed by atoms with Crippen molar-refractivity contribution in [1.29, 1.82) is 0 Å². The quantitative estimate of drug-likeness (QED) is 0.799. The van der Waals surface area contributed by atoms with Crippen molar-refractivity contribution in [1.82, 2.24) is 24.9 Å². The molecule has 0 N–H and O–H groups in total. The average Bonchev–Trinajstić information content (AvgIpc) is 3.01. The van der Waals surface area contributed by atoms with Gasteiger partial charge in [-0.05, 0) is 25.0 Å². The summed E-state index contributed by atoms with van der Waals surface area (Å²) in [5, 5.41) is 4.12. The maximum atomic E-state index is 11.4. The number of anilines is 1. The summed E-state index contributed by atoms with van der Waals surface area (Å²) >= 11 is 0. The fourth-order valence-electron chi connectivity index (χ4n) is 3.85. The Morgan fingerprint density at radius 3 is 2.43 bits per heavy atom. The topological polar surface area (TPSA) is 78.6 Å². The second-order valence-electron chi connectivity index (χ2n) is 7.60. The third kappa shape index (κ3) is 4.49. The van der Waals surface area contributed by atoms with Crippen LogP contribution in [0.3, 0.4) is 0 Å². The third-order valence-electron chi connectivity index (χ3n) is 5.58. The van der Waals surface area contributed by atoms with E-state index in [0.717, 1.165) is 50.6 Å². The Labute approximate surface area is 165 Å². The number of aromatic nitrogens is 3. The number of carbonyl (C=O) groups excluding carboxylic acids is 1. The predicted octanol–water partition coefficient (Wildman–Crippen LogP) is 2.18. The summed E-state index contributed by atoms with van der Waals surface area (Å²) in [5.41, 5.74) is 0.870. The van der Waals surface area contributed by atoms with E-state index in [2.05, 4.69) is 31.0 Å². The first-order valence-electron chi connectivity index (χ1n) is 10.2. The molecule has 150 valence electrons. The van der Waals surface area contributed by atoms with Crippen LogP contribution in [0.5, 0.6) is 0 Å². The minimum atomic E-state index is 0.135. The van der Waals surface area contributed by atoms with E-state index < -0.39 is 0 Å². The zero-order valence-electron chi connectivity index (χ0n) is 16.5. The number of amides is 1. The Hall–Kier alpha value is -2.48. The van der Waals surface area contributed by atoms with Crippen molar-refractivity contribution in [2.45, 2.75) is 39.2 Å². The van der Waals surface area contributed by atoms with Gasteiger partial charge in [0, 0.05) is 58.0 Å². The van der Waals surface area contributed by atoms with Crippen LogP contribution in [0.4, 0.5) is 5.82 Å². The molecule has 2 aromatic rings. The van der Waals surface area contributed by atoms with Crippen molar-refractivity contribution in [2.75, 3.05) is 44.2 Å². The molecule has 0 aromatic carbocycles. The van der Waals surface area contributed by atoms with Gasteiger partial charge < -0.3 is 14.3 Å². The molecule has 1 amide bonds. The van der Waals surface area contributed by atoms with Gasteiger partial charge in [-0.3, -0.25) is 9.69 Å². The SMILES string of the molecule is CC(=O)N1CCN(Cc2nc(-c3ccc(N4CCCCCC4)nc3)no2)CC1. The van der Waals surface area contributed by atoms with Crippen molar-refractivity contribution in [3.8, 4) is 11.4 Å². The molecule has 0 bridgehead atoms. The van der Waals surface area contributed by atoms with Crippen LogP contribution >= 0.6 is 0 Å². The number of pyridine rings is 1. The molecule has 0 aliphatic carbocycles. The molecule has 2 aromatic heterocycles. The van der Waals surface area contributed by atoms with E-state index in [0.29, 0.717) is 18.3 Å². The van der Waals surface area contributed by atoms with Crippen molar-refractivity contribution < 1.29 is 9.32 Å². The number of nitrogens with zero attached hydrogens (tertiary/aromatic N) is 6. The maximum absolute atomic E-state index is 11.4. The molecule has 2 aliphatic heterocycles. The number of carbonyl (C=O) groups is 1. The lowest BCUT2D eigenvalue weighted by Gasteiger charge is -2.33. The van der Waals surface area contributed by atoms with Crippen molar-refractivity contribution in [2.24, 2.45) is 0 Å². The molecule has 8 nitrogen and oxygen atoms in total. The lowest BCUT2D eigenvalue weighted by molar-refractivity contribution is -0.130. The van der Waals surface area contributed by atoms with E-state index in [-0.39, 0.29) is 5.91 Å². The second kappa shape index (κ2) is 8.68. The van der Waals surface area contributed by atoms with Gasteiger partial charge in [-0.15, -0.1) is 0 Å². The van der Waals surface area contributed by atoms with Crippen LogP contribution < -0.4 is 4.90 Å². The minimum absolute atomic E-state index is 0.135. The summed E-state index contributed by atoms with van der Waals surface area (Å²) in [4.78, 5) is 27.0. The fraction of sp³-hybridized carbons (Fsp3) is 0.600. The monoisotopic (exact) mass is 384 g/mol. The highest BCUT2D eigenvalue weighted by Crippen LogP contribution is 2.21. The normalized spacial score (nSPS) is 18.9. The van der Waals surface area contributed by atoms with Gasteiger partial charge in [-0.2, -0.15) is 4.98 Å². The van der Waals surface area contributed by atoms with Gasteiger partial charge in [0.15, 0.2) is 0 Å². The van der Waals surface area contributed by atoms with Gasteiger partial charge in [0.05, 0.1) is 6.54 Å². The Morgan fingerprint density at radius 2 is 1.79 bits per heavy atom. The highest BCUT2D eigenvalue weighted by molar-refractivity contribution is 5.73. The summed E-state index contributed by atoms with van der Waals surface area (Å²) in [5.74, 6) is 2.34. The summed E-state index contributed by atoms with van der Waals surface area (Å²) in [6.07, 6.45) is 6.92. The molecule has 0 radical (unpaired) electrons. The molecule has 0 unspecified atom stereocenters. The molecule has 4 rings (SSSR count). The van der Waals surface area contributed by atoms with Crippen LogP contribution in [0.2, 0.25) is 0 Å². The molecular weight excluding hydrogens is 356 g/mol. The Kier molecular flexibility index (Phi) is 5.85. The van der Waals surface area contributed by atoms with Crippen molar-refractivity contribution >= 4 is 11.7 Å². The van der Waals surface area contributed by atoms with Gasteiger partial charge in [0.25, 0.3) is 0 Å². The van der Waals surface area contributed by atoms with E-state index in [4.69, 9.17) is 4.52 Å². The molecule has 28 heavy (non-hydrogen) atoms. The van der Waals surface area contributed by atoms with Crippen molar-refractivity contribution in [3.05, 3.63) is 24.2 Å². The van der Waals surface area contributed by atoms with E-state index in [9.17, 15) is 4.79 Å². The first-order chi connectivity index (χ1) is 13.7. The molecular formula is C20H28N6O2. The lowest BCUT2D eigenvalue weighted by atomic mass is 10.2. The largest absolute Gasteiger partial charge is 0.357 e. The maximum Gasteiger partial charge on any atom is 0.241 e. The van der Waals surface area contributed by atoms with E-state index >= 15 is 0 Å². The Balaban J connectivity index is 1.35. The highest BCUT2D eigenvalue weighted by atomic mass is 16.5. The van der Waals surface area contributed by atoms with Crippen LogP contribution in [-0.2, 0) is 11.3 Å². The van der Waals surface area contributed by atoms with E-state index in [1.807, 2.05) is 17.2 Å². The summed E-state index contributed by atoms with van der Waals surface area (Å²) in [6.45, 7) is 7.53. The van der Waals surface area contributed by atoms with E-state index in [1.165, 1.54) is 25.7 Å². The predicted molar refractivity (Wildman–Crippen MR) is 106 cm³/mol. The minimum Gasteiger partial charge on any atom is -0.357 e. The number of rotatable bonds is 4. The van der Waals surface area contributed by atoms with Gasteiger partial charge in [0.1, 0.15) is 5.82 Å². The van der Waals surface area contributed by atoms with Crippen LogP contribution in [0.25, 0.3) is 11.4 Å². The third-order valence-corrected chi connectivity index (χ3v) is 5.58. The van der Waals surface area contributed by atoms with Crippen LogP contribution in [0.1, 0.15) is 38.5 Å². The molecule has 8 heteroatoms. The zero-order chi connectivity index (χ0) is 19.3.